The number of nitrogens with one attached hydrogen (secondary N) is 1. The van der Waals surface area contributed by atoms with Crippen LogP contribution in [0.4, 0.5) is 4.79 Å². The first-order chi connectivity index (χ1) is 9.35. The molecule has 0 bridgehead atoms. The zero-order valence-corrected chi connectivity index (χ0v) is 12.6. The third kappa shape index (κ3) is 5.36. The smallest absolute Gasteiger partial charge is 0.317 e. The molecule has 0 aromatic carbocycles. The molecule has 1 heterocycles. The average Bonchev–Trinajstić information content (AvgIpc) is 2.43. The van der Waals surface area contributed by atoms with Gasteiger partial charge in [0.2, 0.25) is 0 Å². The average molecular weight is 286 g/mol. The van der Waals surface area contributed by atoms with Crippen molar-refractivity contribution in [2.75, 3.05) is 32.8 Å². The number of carboxylic acids is 1. The van der Waals surface area contributed by atoms with Gasteiger partial charge >= 0.3 is 12.0 Å². The van der Waals surface area contributed by atoms with Gasteiger partial charge in [-0.1, -0.05) is 13.8 Å². The molecule has 2 amide bonds. The van der Waals surface area contributed by atoms with Gasteiger partial charge in [0.15, 0.2) is 0 Å². The minimum Gasteiger partial charge on any atom is -0.481 e. The molecule has 0 spiro atoms. The Morgan fingerprint density at radius 3 is 2.45 bits per heavy atom. The van der Waals surface area contributed by atoms with Crippen molar-refractivity contribution in [3.8, 4) is 0 Å². The molecule has 2 N–H and O–H groups in total. The molecule has 0 atom stereocenters. The molecule has 1 fully saturated rings. The lowest BCUT2D eigenvalue weighted by Gasteiger charge is -2.32. The van der Waals surface area contributed by atoms with Crippen LogP contribution < -0.4 is 5.32 Å². The lowest BCUT2D eigenvalue weighted by atomic mass is 9.95. The predicted octanol–water partition coefficient (Wildman–Crippen LogP) is 1.56. The van der Waals surface area contributed by atoms with Crippen LogP contribution in [0.15, 0.2) is 0 Å². The van der Waals surface area contributed by atoms with E-state index in [2.05, 4.69) is 5.32 Å². The maximum absolute atomic E-state index is 12.0. The molecule has 1 aliphatic heterocycles. The van der Waals surface area contributed by atoms with E-state index < -0.39 is 5.97 Å². The Morgan fingerprint density at radius 1 is 1.35 bits per heavy atom. The summed E-state index contributed by atoms with van der Waals surface area (Å²) in [6.07, 6.45) is 1.07. The van der Waals surface area contributed by atoms with E-state index in [1.807, 2.05) is 20.8 Å². The molecule has 1 rings (SSSR count). The van der Waals surface area contributed by atoms with Crippen LogP contribution in [0.1, 0.15) is 33.6 Å². The summed E-state index contributed by atoms with van der Waals surface area (Å²) in [5, 5.41) is 11.8. The first kappa shape index (κ1) is 16.8. The number of amides is 2. The topological polar surface area (TPSA) is 78.9 Å². The molecule has 1 saturated heterocycles. The second-order valence-corrected chi connectivity index (χ2v) is 6.06. The van der Waals surface area contributed by atoms with E-state index in [-0.39, 0.29) is 17.4 Å². The number of hydrogen-bond acceptors (Lipinski definition) is 3. The van der Waals surface area contributed by atoms with Gasteiger partial charge in [-0.05, 0) is 19.8 Å². The molecule has 20 heavy (non-hydrogen) atoms. The second kappa shape index (κ2) is 7.47. The van der Waals surface area contributed by atoms with Crippen LogP contribution in [0, 0.1) is 11.3 Å². The highest BCUT2D eigenvalue weighted by molar-refractivity contribution is 5.75. The molecule has 0 saturated carbocycles. The van der Waals surface area contributed by atoms with Gasteiger partial charge in [-0.25, -0.2) is 4.79 Å². The summed E-state index contributed by atoms with van der Waals surface area (Å²) in [5.41, 5.74) is -0.106. The fourth-order valence-electron chi connectivity index (χ4n) is 2.19. The molecule has 6 nitrogen and oxygen atoms in total. The van der Waals surface area contributed by atoms with Gasteiger partial charge in [0.05, 0.1) is 12.5 Å². The highest BCUT2D eigenvalue weighted by atomic mass is 16.5. The molecule has 0 unspecified atom stereocenters. The van der Waals surface area contributed by atoms with Gasteiger partial charge in [0.25, 0.3) is 0 Å². The minimum atomic E-state index is -0.761. The van der Waals surface area contributed by atoms with Crippen molar-refractivity contribution in [2.45, 2.75) is 33.6 Å². The highest BCUT2D eigenvalue weighted by Crippen LogP contribution is 2.18. The number of nitrogens with zero attached hydrogens (tertiary/aromatic N) is 1. The zero-order chi connectivity index (χ0) is 15.2. The number of likely N-dealkylation sites (tertiary alicyclic amines) is 1. The zero-order valence-electron chi connectivity index (χ0n) is 12.6. The summed E-state index contributed by atoms with van der Waals surface area (Å²) in [4.78, 5) is 24.6. The van der Waals surface area contributed by atoms with Crippen LogP contribution in [0.2, 0.25) is 0 Å². The molecule has 0 aliphatic carbocycles. The monoisotopic (exact) mass is 286 g/mol. The maximum Gasteiger partial charge on any atom is 0.317 e. The van der Waals surface area contributed by atoms with E-state index >= 15 is 0 Å². The quantitative estimate of drug-likeness (QED) is 0.776. The molecule has 6 heteroatoms. The van der Waals surface area contributed by atoms with Gasteiger partial charge in [-0.2, -0.15) is 0 Å². The summed E-state index contributed by atoms with van der Waals surface area (Å²) in [6, 6.07) is -0.113. The molecule has 1 aliphatic rings. The van der Waals surface area contributed by atoms with E-state index in [4.69, 9.17) is 9.84 Å². The Kier molecular flexibility index (Phi) is 6.26. The summed E-state index contributed by atoms with van der Waals surface area (Å²) >= 11 is 0. The van der Waals surface area contributed by atoms with Crippen molar-refractivity contribution in [3.63, 3.8) is 0 Å². The molecule has 0 aromatic rings. The number of carbonyl (C=O) groups excluding carboxylic acids is 1. The van der Waals surface area contributed by atoms with Crippen molar-refractivity contribution < 1.29 is 19.4 Å². The van der Waals surface area contributed by atoms with E-state index in [1.165, 1.54) is 0 Å². The fourth-order valence-corrected chi connectivity index (χ4v) is 2.19. The Balaban J connectivity index is 2.32. The Labute approximate surface area is 120 Å². The van der Waals surface area contributed by atoms with Crippen molar-refractivity contribution in [2.24, 2.45) is 11.3 Å². The van der Waals surface area contributed by atoms with Crippen LogP contribution >= 0.6 is 0 Å². The molecular formula is C14H26N2O4. The predicted molar refractivity (Wildman–Crippen MR) is 75.6 cm³/mol. The molecule has 0 radical (unpaired) electrons. The first-order valence-corrected chi connectivity index (χ1v) is 7.19. The lowest BCUT2D eigenvalue weighted by Crippen LogP contribution is -2.48. The van der Waals surface area contributed by atoms with Crippen molar-refractivity contribution in [3.05, 3.63) is 0 Å². The highest BCUT2D eigenvalue weighted by Gasteiger charge is 2.27. The van der Waals surface area contributed by atoms with Crippen molar-refractivity contribution >= 4 is 12.0 Å². The second-order valence-electron chi connectivity index (χ2n) is 6.06. The number of piperidine rings is 1. The summed E-state index contributed by atoms with van der Waals surface area (Å²) in [7, 11) is 0. The van der Waals surface area contributed by atoms with E-state index in [0.717, 1.165) is 0 Å². The van der Waals surface area contributed by atoms with Gasteiger partial charge in [0, 0.05) is 31.7 Å². The largest absolute Gasteiger partial charge is 0.481 e. The number of carboxylic acid groups (broad SMARTS) is 1. The van der Waals surface area contributed by atoms with Crippen LogP contribution in [0.3, 0.4) is 0 Å². The number of hydrogen-bond donors (Lipinski definition) is 2. The third-order valence-electron chi connectivity index (χ3n) is 3.55. The number of carbonyl (C=O) groups is 2. The minimum absolute atomic E-state index is 0.106. The Bertz CT molecular complexity index is 336. The summed E-state index contributed by atoms with van der Waals surface area (Å²) in [6.45, 7) is 8.86. The number of aliphatic carboxylic acids is 1. The lowest BCUT2D eigenvalue weighted by molar-refractivity contribution is -0.143. The van der Waals surface area contributed by atoms with Crippen LogP contribution in [-0.2, 0) is 9.53 Å². The number of urea groups is 1. The number of rotatable bonds is 6. The number of ether oxygens (including phenoxy) is 1. The maximum atomic E-state index is 12.0. The standard InChI is InChI=1S/C14H26N2O4/c1-4-20-10-14(2,3)9-15-13(19)16-7-5-11(6-8-16)12(17)18/h11H,4-10H2,1-3H3,(H,15,19)(H,17,18). The Hall–Kier alpha value is -1.30. The van der Waals surface area contributed by atoms with E-state index in [0.29, 0.717) is 45.7 Å². The van der Waals surface area contributed by atoms with Gasteiger partial charge in [-0.3, -0.25) is 4.79 Å². The normalized spacial score (nSPS) is 17.1. The van der Waals surface area contributed by atoms with Crippen LogP contribution in [-0.4, -0.2) is 54.9 Å². The van der Waals surface area contributed by atoms with Crippen molar-refractivity contribution in [1.82, 2.24) is 10.2 Å². The van der Waals surface area contributed by atoms with Gasteiger partial charge in [-0.15, -0.1) is 0 Å². The fraction of sp³-hybridized carbons (Fsp3) is 0.857. The van der Waals surface area contributed by atoms with Crippen LogP contribution in [0.25, 0.3) is 0 Å². The molecular weight excluding hydrogens is 260 g/mol. The van der Waals surface area contributed by atoms with Gasteiger partial charge < -0.3 is 20.1 Å². The SMILES string of the molecule is CCOCC(C)(C)CNC(=O)N1CCC(C(=O)O)CC1. The third-order valence-corrected chi connectivity index (χ3v) is 3.55. The first-order valence-electron chi connectivity index (χ1n) is 7.19. The van der Waals surface area contributed by atoms with Crippen molar-refractivity contribution in [1.29, 1.82) is 0 Å². The van der Waals surface area contributed by atoms with Crippen LogP contribution in [0.5, 0.6) is 0 Å². The summed E-state index contributed by atoms with van der Waals surface area (Å²) in [5.74, 6) is -1.07. The van der Waals surface area contributed by atoms with E-state index in [9.17, 15) is 9.59 Å². The summed E-state index contributed by atoms with van der Waals surface area (Å²) < 4.78 is 5.39. The van der Waals surface area contributed by atoms with E-state index in [1.54, 1.807) is 4.90 Å². The molecule has 116 valence electrons. The Morgan fingerprint density at radius 2 is 1.95 bits per heavy atom. The van der Waals surface area contributed by atoms with Gasteiger partial charge in [0.1, 0.15) is 0 Å². The molecule has 0 aromatic heterocycles.